The van der Waals surface area contributed by atoms with Gasteiger partial charge in [-0.05, 0) is 27.6 Å². The van der Waals surface area contributed by atoms with Crippen molar-refractivity contribution in [2.45, 2.75) is 17.2 Å². The molecule has 0 unspecified atom stereocenters. The maximum absolute atomic E-state index is 12.9. The van der Waals surface area contributed by atoms with Gasteiger partial charge in [0.2, 0.25) is 0 Å². The monoisotopic (exact) mass is 304 g/mol. The van der Waals surface area contributed by atoms with E-state index in [0.717, 1.165) is 0 Å². The maximum Gasteiger partial charge on any atom is 0.363 e. The van der Waals surface area contributed by atoms with E-state index in [1.807, 2.05) is 0 Å². The molecule has 1 rings (SSSR count). The minimum Gasteiger partial charge on any atom is -0.198 e. The Balaban J connectivity index is 2.92. The highest BCUT2D eigenvalue weighted by Crippen LogP contribution is 2.42. The molecule has 0 radical (unpaired) electrons. The Hall–Kier alpha value is -0.290. The first-order chi connectivity index (χ1) is 6.74. The second-order valence-corrected chi connectivity index (χ2v) is 4.37. The third-order valence-electron chi connectivity index (χ3n) is 1.79. The molecule has 0 aliphatic carbocycles. The van der Waals surface area contributed by atoms with E-state index in [4.69, 9.17) is 11.6 Å². The lowest BCUT2D eigenvalue weighted by atomic mass is 10.1. The molecule has 0 nitrogen and oxygen atoms in total. The van der Waals surface area contributed by atoms with E-state index in [0.29, 0.717) is 0 Å². The lowest BCUT2D eigenvalue weighted by Gasteiger charge is -2.21. The quantitative estimate of drug-likeness (QED) is 0.569. The highest BCUT2D eigenvalue weighted by molar-refractivity contribution is 9.10. The Morgan fingerprint density at radius 1 is 1.13 bits per heavy atom. The van der Waals surface area contributed by atoms with Gasteiger partial charge in [0.25, 0.3) is 0 Å². The van der Waals surface area contributed by atoms with Crippen LogP contribution >= 0.6 is 27.5 Å². The van der Waals surface area contributed by atoms with Gasteiger partial charge in [0.1, 0.15) is 0 Å². The Kier molecular flexibility index (Phi) is 3.66. The van der Waals surface area contributed by atoms with Crippen molar-refractivity contribution in [2.24, 2.45) is 0 Å². The fourth-order valence-electron chi connectivity index (χ4n) is 0.981. The van der Waals surface area contributed by atoms with Crippen LogP contribution in [-0.2, 0) is 6.42 Å². The van der Waals surface area contributed by atoms with Crippen molar-refractivity contribution in [1.29, 1.82) is 0 Å². The van der Waals surface area contributed by atoms with Gasteiger partial charge >= 0.3 is 10.8 Å². The molecule has 0 fully saturated rings. The molecule has 0 aliphatic rings. The van der Waals surface area contributed by atoms with Gasteiger partial charge in [-0.3, -0.25) is 0 Å². The zero-order valence-corrected chi connectivity index (χ0v) is 9.63. The summed E-state index contributed by atoms with van der Waals surface area (Å²) in [7, 11) is 0. The van der Waals surface area contributed by atoms with Gasteiger partial charge in [0.05, 0.1) is 0 Å². The summed E-state index contributed by atoms with van der Waals surface area (Å²) < 4.78 is 50.8. The van der Waals surface area contributed by atoms with E-state index >= 15 is 0 Å². The highest BCUT2D eigenvalue weighted by atomic mass is 79.9. The van der Waals surface area contributed by atoms with Crippen molar-refractivity contribution < 1.29 is 17.6 Å². The summed E-state index contributed by atoms with van der Waals surface area (Å²) >= 11 is 7.24. The number of benzene rings is 1. The van der Waals surface area contributed by atoms with Gasteiger partial charge in [-0.2, -0.15) is 17.6 Å². The molecule has 0 atom stereocenters. The zero-order chi connectivity index (χ0) is 11.7. The molecule has 1 aromatic rings. The third kappa shape index (κ3) is 3.08. The second-order valence-electron chi connectivity index (χ2n) is 2.97. The largest absolute Gasteiger partial charge is 0.363 e. The van der Waals surface area contributed by atoms with Gasteiger partial charge in [-0.25, -0.2) is 0 Å². The van der Waals surface area contributed by atoms with Crippen LogP contribution in [-0.4, -0.2) is 10.8 Å². The summed E-state index contributed by atoms with van der Waals surface area (Å²) in [6.45, 7) is 0. The first-order valence-corrected chi connectivity index (χ1v) is 5.09. The first kappa shape index (κ1) is 12.8. The molecule has 15 heavy (non-hydrogen) atoms. The molecule has 0 saturated carbocycles. The molecule has 84 valence electrons. The summed E-state index contributed by atoms with van der Waals surface area (Å²) in [5.74, 6) is -4.17. The van der Waals surface area contributed by atoms with E-state index < -0.39 is 17.2 Å². The summed E-state index contributed by atoms with van der Waals surface area (Å²) in [6.07, 6.45) is -1.11. The molecule has 0 amide bonds. The van der Waals surface area contributed by atoms with Crippen LogP contribution in [0.1, 0.15) is 5.56 Å². The minimum absolute atomic E-state index is 0.0108. The normalized spacial score (nSPS) is 12.9. The van der Waals surface area contributed by atoms with Gasteiger partial charge < -0.3 is 0 Å². The molecule has 1 aromatic carbocycles. The first-order valence-electron chi connectivity index (χ1n) is 3.92. The Morgan fingerprint density at radius 3 is 2.13 bits per heavy atom. The van der Waals surface area contributed by atoms with Gasteiger partial charge in [-0.1, -0.05) is 29.8 Å². The molecular formula is C9H6BrClF4. The van der Waals surface area contributed by atoms with Crippen LogP contribution in [0.25, 0.3) is 0 Å². The Labute approximate surface area is 97.4 Å². The fourth-order valence-corrected chi connectivity index (χ4v) is 1.32. The van der Waals surface area contributed by atoms with E-state index in [-0.39, 0.29) is 10.6 Å². The predicted octanol–water partition coefficient (Wildman–Crippen LogP) is 4.51. The van der Waals surface area contributed by atoms with Gasteiger partial charge in [-0.15, -0.1) is 0 Å². The van der Waals surface area contributed by atoms with Crippen LogP contribution in [0.2, 0.25) is 5.02 Å². The maximum atomic E-state index is 12.9. The molecule has 6 heteroatoms. The number of rotatable bonds is 3. The summed E-state index contributed by atoms with van der Waals surface area (Å²) in [5.41, 5.74) is -0.0108. The number of alkyl halides is 5. The summed E-state index contributed by atoms with van der Waals surface area (Å²) in [6, 6.07) is 5.66. The SMILES string of the molecule is FC(F)(Br)C(F)(F)Cc1ccccc1Cl. The van der Waals surface area contributed by atoms with Crippen LogP contribution in [0.3, 0.4) is 0 Å². The van der Waals surface area contributed by atoms with Crippen molar-refractivity contribution in [3.8, 4) is 0 Å². The number of halogens is 6. The van der Waals surface area contributed by atoms with Gasteiger partial charge in [0, 0.05) is 11.4 Å². The topological polar surface area (TPSA) is 0 Å². The van der Waals surface area contributed by atoms with Crippen LogP contribution < -0.4 is 0 Å². The number of hydrogen-bond acceptors (Lipinski definition) is 0. The Morgan fingerprint density at radius 2 is 1.67 bits per heavy atom. The zero-order valence-electron chi connectivity index (χ0n) is 7.28. The van der Waals surface area contributed by atoms with E-state index in [2.05, 4.69) is 0 Å². The van der Waals surface area contributed by atoms with Crippen LogP contribution in [0.5, 0.6) is 0 Å². The Bertz CT molecular complexity index is 348. The van der Waals surface area contributed by atoms with Crippen LogP contribution in [0.4, 0.5) is 17.6 Å². The van der Waals surface area contributed by atoms with E-state index in [9.17, 15) is 17.6 Å². The van der Waals surface area contributed by atoms with Crippen molar-refractivity contribution in [1.82, 2.24) is 0 Å². The average molecular weight is 305 g/mol. The lowest BCUT2D eigenvalue weighted by Crippen LogP contribution is -2.37. The van der Waals surface area contributed by atoms with Crippen LogP contribution in [0, 0.1) is 0 Å². The molecule has 0 saturated heterocycles. The number of hydrogen-bond donors (Lipinski definition) is 0. The molecular weight excluding hydrogens is 299 g/mol. The molecule has 0 bridgehead atoms. The third-order valence-corrected chi connectivity index (χ3v) is 2.73. The molecule has 0 aliphatic heterocycles. The van der Waals surface area contributed by atoms with Crippen molar-refractivity contribution in [3.05, 3.63) is 34.9 Å². The van der Waals surface area contributed by atoms with Crippen LogP contribution in [0.15, 0.2) is 24.3 Å². The predicted molar refractivity (Wildman–Crippen MR) is 54.0 cm³/mol. The average Bonchev–Trinajstić information content (AvgIpc) is 2.06. The minimum atomic E-state index is -4.24. The molecule has 0 N–H and O–H groups in total. The summed E-state index contributed by atoms with van der Waals surface area (Å²) in [4.78, 5) is -4.24. The van der Waals surface area contributed by atoms with Gasteiger partial charge in [0.15, 0.2) is 0 Å². The van der Waals surface area contributed by atoms with E-state index in [1.165, 1.54) is 24.3 Å². The van der Waals surface area contributed by atoms with Crippen molar-refractivity contribution in [3.63, 3.8) is 0 Å². The van der Waals surface area contributed by atoms with E-state index in [1.54, 1.807) is 15.9 Å². The van der Waals surface area contributed by atoms with Crippen molar-refractivity contribution >= 4 is 27.5 Å². The highest BCUT2D eigenvalue weighted by Gasteiger charge is 2.54. The smallest absolute Gasteiger partial charge is 0.198 e. The second kappa shape index (κ2) is 4.29. The lowest BCUT2D eigenvalue weighted by molar-refractivity contribution is -0.145. The summed E-state index contributed by atoms with van der Waals surface area (Å²) in [5, 5.41) is 0.0499. The van der Waals surface area contributed by atoms with Crippen molar-refractivity contribution in [2.75, 3.05) is 0 Å². The standard InChI is InChI=1S/C9H6BrClF4/c10-9(14,15)8(12,13)5-6-3-1-2-4-7(6)11/h1-4H,5H2. The molecule has 0 aromatic heterocycles. The molecule has 0 spiro atoms. The fraction of sp³-hybridized carbons (Fsp3) is 0.333. The molecule has 0 heterocycles.